The Labute approximate surface area is 115 Å². The van der Waals surface area contributed by atoms with Crippen LogP contribution in [0.15, 0.2) is 16.7 Å². The molecule has 2 unspecified atom stereocenters. The topological polar surface area (TPSA) is 45.6 Å². The van der Waals surface area contributed by atoms with Gasteiger partial charge in [-0.1, -0.05) is 0 Å². The van der Waals surface area contributed by atoms with Crippen LogP contribution in [-0.4, -0.2) is 42.5 Å². The smallest absolute Gasteiger partial charge is 0.122 e. The summed E-state index contributed by atoms with van der Waals surface area (Å²) in [5.74, 6) is 1.90. The van der Waals surface area contributed by atoms with E-state index in [4.69, 9.17) is 10.2 Å². The molecule has 1 aromatic heterocycles. The van der Waals surface area contributed by atoms with Gasteiger partial charge >= 0.3 is 0 Å². The Kier molecular flexibility index (Phi) is 3.91. The number of hydrogen-bond acceptors (Lipinski definition) is 4. The minimum absolute atomic E-state index is 0.578. The molecular weight excluding hydrogens is 238 g/mol. The van der Waals surface area contributed by atoms with Gasteiger partial charge in [-0.25, -0.2) is 0 Å². The highest BCUT2D eigenvalue weighted by Gasteiger charge is 2.34. The van der Waals surface area contributed by atoms with E-state index in [0.717, 1.165) is 29.8 Å². The first-order valence-corrected chi connectivity index (χ1v) is 7.46. The SMILES string of the molecule is CN1CCCC2CN(Cc3occc3CN)CCC21. The average Bonchev–Trinajstić information content (AvgIpc) is 2.86. The maximum absolute atomic E-state index is 5.74. The summed E-state index contributed by atoms with van der Waals surface area (Å²) in [4.78, 5) is 5.10. The lowest BCUT2D eigenvalue weighted by atomic mass is 9.84. The van der Waals surface area contributed by atoms with Crippen molar-refractivity contribution in [3.05, 3.63) is 23.7 Å². The van der Waals surface area contributed by atoms with Gasteiger partial charge in [-0.2, -0.15) is 0 Å². The number of rotatable bonds is 3. The summed E-state index contributed by atoms with van der Waals surface area (Å²) in [6.07, 6.45) is 5.78. The number of nitrogens with zero attached hydrogens (tertiary/aromatic N) is 2. The first-order chi connectivity index (χ1) is 9.28. The van der Waals surface area contributed by atoms with Crippen molar-refractivity contribution in [1.82, 2.24) is 9.80 Å². The molecule has 2 fully saturated rings. The van der Waals surface area contributed by atoms with Crippen molar-refractivity contribution in [3.8, 4) is 0 Å². The molecule has 2 atom stereocenters. The van der Waals surface area contributed by atoms with Gasteiger partial charge in [0, 0.05) is 31.2 Å². The van der Waals surface area contributed by atoms with E-state index in [1.807, 2.05) is 6.07 Å². The van der Waals surface area contributed by atoms with Gasteiger partial charge in [0.15, 0.2) is 0 Å². The van der Waals surface area contributed by atoms with Crippen LogP contribution in [0.1, 0.15) is 30.6 Å². The molecule has 3 rings (SSSR count). The van der Waals surface area contributed by atoms with Crippen LogP contribution in [-0.2, 0) is 13.1 Å². The van der Waals surface area contributed by atoms with Crippen molar-refractivity contribution < 1.29 is 4.42 Å². The molecule has 2 aliphatic heterocycles. The van der Waals surface area contributed by atoms with E-state index < -0.39 is 0 Å². The van der Waals surface area contributed by atoms with Crippen molar-refractivity contribution in [2.75, 3.05) is 26.7 Å². The Balaban J connectivity index is 1.62. The fraction of sp³-hybridized carbons (Fsp3) is 0.733. The molecule has 0 aliphatic carbocycles. The molecule has 0 radical (unpaired) electrons. The van der Waals surface area contributed by atoms with Crippen LogP contribution < -0.4 is 5.73 Å². The van der Waals surface area contributed by atoms with Crippen LogP contribution in [0, 0.1) is 5.92 Å². The fourth-order valence-electron chi connectivity index (χ4n) is 3.76. The summed E-state index contributed by atoms with van der Waals surface area (Å²) in [6, 6.07) is 2.80. The zero-order valence-corrected chi connectivity index (χ0v) is 11.8. The predicted octanol–water partition coefficient (Wildman–Crippen LogP) is 1.65. The van der Waals surface area contributed by atoms with E-state index in [9.17, 15) is 0 Å². The van der Waals surface area contributed by atoms with Crippen molar-refractivity contribution in [1.29, 1.82) is 0 Å². The minimum Gasteiger partial charge on any atom is -0.468 e. The molecule has 106 valence electrons. The Morgan fingerprint density at radius 1 is 1.37 bits per heavy atom. The van der Waals surface area contributed by atoms with Crippen LogP contribution in [0.2, 0.25) is 0 Å². The van der Waals surface area contributed by atoms with Crippen LogP contribution in [0.4, 0.5) is 0 Å². The molecule has 0 amide bonds. The molecule has 0 saturated carbocycles. The standard InChI is InChI=1S/C15H25N3O/c1-17-6-2-3-13-10-18(7-4-14(13)17)11-15-12(9-16)5-8-19-15/h5,8,13-14H,2-4,6-7,9-11,16H2,1H3. The van der Waals surface area contributed by atoms with Crippen molar-refractivity contribution >= 4 is 0 Å². The van der Waals surface area contributed by atoms with E-state index >= 15 is 0 Å². The van der Waals surface area contributed by atoms with Gasteiger partial charge in [-0.05, 0) is 44.8 Å². The number of piperidine rings is 2. The summed E-state index contributed by atoms with van der Waals surface area (Å²) < 4.78 is 5.58. The highest BCUT2D eigenvalue weighted by atomic mass is 16.3. The summed E-state index contributed by atoms with van der Waals surface area (Å²) in [7, 11) is 2.28. The molecule has 4 heteroatoms. The second kappa shape index (κ2) is 5.65. The summed E-state index contributed by atoms with van der Waals surface area (Å²) in [5, 5.41) is 0. The Hall–Kier alpha value is -0.840. The van der Waals surface area contributed by atoms with Gasteiger partial charge < -0.3 is 15.1 Å². The number of hydrogen-bond donors (Lipinski definition) is 1. The molecule has 0 bridgehead atoms. The highest BCUT2D eigenvalue weighted by molar-refractivity contribution is 5.16. The minimum atomic E-state index is 0.578. The van der Waals surface area contributed by atoms with E-state index in [0.29, 0.717) is 6.54 Å². The lowest BCUT2D eigenvalue weighted by Gasteiger charge is -2.45. The third-order valence-electron chi connectivity index (χ3n) is 4.85. The van der Waals surface area contributed by atoms with Gasteiger partial charge in [0.05, 0.1) is 12.8 Å². The monoisotopic (exact) mass is 263 g/mol. The average molecular weight is 263 g/mol. The van der Waals surface area contributed by atoms with Gasteiger partial charge in [0.25, 0.3) is 0 Å². The van der Waals surface area contributed by atoms with Gasteiger partial charge in [0.1, 0.15) is 5.76 Å². The van der Waals surface area contributed by atoms with Crippen LogP contribution in [0.5, 0.6) is 0 Å². The first-order valence-electron chi connectivity index (χ1n) is 7.46. The number of nitrogens with two attached hydrogens (primary N) is 1. The maximum Gasteiger partial charge on any atom is 0.122 e. The summed E-state index contributed by atoms with van der Waals surface area (Å²) in [6.45, 7) is 5.16. The molecule has 3 heterocycles. The number of fused-ring (bicyclic) bond motifs is 1. The van der Waals surface area contributed by atoms with Crippen molar-refractivity contribution in [2.45, 2.75) is 38.4 Å². The normalized spacial score (nSPS) is 29.4. The summed E-state index contributed by atoms with van der Waals surface area (Å²) in [5.41, 5.74) is 6.89. The van der Waals surface area contributed by atoms with Crippen LogP contribution in [0.3, 0.4) is 0 Å². The lowest BCUT2D eigenvalue weighted by Crippen LogP contribution is -2.52. The third-order valence-corrected chi connectivity index (χ3v) is 4.85. The first kappa shape index (κ1) is 13.2. The van der Waals surface area contributed by atoms with Crippen LogP contribution in [0.25, 0.3) is 0 Å². The van der Waals surface area contributed by atoms with Crippen LogP contribution >= 0.6 is 0 Å². The van der Waals surface area contributed by atoms with Gasteiger partial charge in [-0.3, -0.25) is 4.90 Å². The molecular formula is C15H25N3O. The number of likely N-dealkylation sites (tertiary alicyclic amines) is 2. The molecule has 19 heavy (non-hydrogen) atoms. The summed E-state index contributed by atoms with van der Waals surface area (Å²) >= 11 is 0. The quantitative estimate of drug-likeness (QED) is 0.901. The third kappa shape index (κ3) is 2.71. The maximum atomic E-state index is 5.74. The second-order valence-electron chi connectivity index (χ2n) is 6.05. The Morgan fingerprint density at radius 3 is 3.11 bits per heavy atom. The van der Waals surface area contributed by atoms with E-state index in [1.54, 1.807) is 6.26 Å². The molecule has 0 aromatic carbocycles. The molecule has 2 N–H and O–H groups in total. The van der Waals surface area contributed by atoms with E-state index in [-0.39, 0.29) is 0 Å². The molecule has 2 aliphatic rings. The highest BCUT2D eigenvalue weighted by Crippen LogP contribution is 2.30. The Morgan fingerprint density at radius 2 is 2.26 bits per heavy atom. The zero-order chi connectivity index (χ0) is 13.2. The molecule has 4 nitrogen and oxygen atoms in total. The fourth-order valence-corrected chi connectivity index (χ4v) is 3.76. The lowest BCUT2D eigenvalue weighted by molar-refractivity contribution is 0.0328. The van der Waals surface area contributed by atoms with E-state index in [2.05, 4.69) is 16.8 Å². The molecule has 2 saturated heterocycles. The number of furan rings is 1. The van der Waals surface area contributed by atoms with Crippen molar-refractivity contribution in [3.63, 3.8) is 0 Å². The van der Waals surface area contributed by atoms with Gasteiger partial charge in [0.2, 0.25) is 0 Å². The largest absolute Gasteiger partial charge is 0.468 e. The van der Waals surface area contributed by atoms with Crippen molar-refractivity contribution in [2.24, 2.45) is 11.7 Å². The van der Waals surface area contributed by atoms with Gasteiger partial charge in [-0.15, -0.1) is 0 Å². The van der Waals surface area contributed by atoms with E-state index in [1.165, 1.54) is 38.9 Å². The molecule has 1 aromatic rings. The predicted molar refractivity (Wildman–Crippen MR) is 75.6 cm³/mol. The molecule has 0 spiro atoms. The Bertz CT molecular complexity index is 417. The second-order valence-corrected chi connectivity index (χ2v) is 6.05. The zero-order valence-electron chi connectivity index (χ0n) is 11.8.